The molecule has 4 nitrogen and oxygen atoms in total. The number of nitrogen functional groups attached to an aromatic ring is 1. The van der Waals surface area contributed by atoms with Crippen LogP contribution in [0.25, 0.3) is 0 Å². The summed E-state index contributed by atoms with van der Waals surface area (Å²) in [7, 11) is -3.42. The summed E-state index contributed by atoms with van der Waals surface area (Å²) in [5, 5.41) is 0. The Bertz CT molecular complexity index is 486. The number of sulfonamides is 1. The van der Waals surface area contributed by atoms with Crippen molar-refractivity contribution in [2.24, 2.45) is 0 Å². The van der Waals surface area contributed by atoms with Crippen molar-refractivity contribution in [3.8, 4) is 0 Å². The Morgan fingerprint density at radius 3 is 2.33 bits per heavy atom. The number of rotatable bonds is 2. The van der Waals surface area contributed by atoms with Crippen molar-refractivity contribution in [1.29, 1.82) is 0 Å². The number of anilines is 1. The third-order valence-corrected chi connectivity index (χ3v) is 4.23. The number of para-hydroxylation sites is 1. The Hall–Kier alpha value is -1.33. The van der Waals surface area contributed by atoms with E-state index in [1.54, 1.807) is 18.2 Å². The Labute approximate surface area is 89.1 Å². The third-order valence-electron chi connectivity index (χ3n) is 2.32. The van der Waals surface area contributed by atoms with Crippen molar-refractivity contribution in [3.05, 3.63) is 36.4 Å². The van der Waals surface area contributed by atoms with Gasteiger partial charge in [0.1, 0.15) is 4.90 Å². The molecular weight excluding hydrogens is 212 g/mol. The monoisotopic (exact) mass is 224 g/mol. The molecule has 2 N–H and O–H groups in total. The zero-order chi connectivity index (χ0) is 10.9. The number of nitrogens with zero attached hydrogens (tertiary/aromatic N) is 1. The average molecular weight is 224 g/mol. The lowest BCUT2D eigenvalue weighted by atomic mass is 10.3. The van der Waals surface area contributed by atoms with Crippen LogP contribution in [0.4, 0.5) is 5.69 Å². The van der Waals surface area contributed by atoms with E-state index in [0.29, 0.717) is 18.8 Å². The molecule has 80 valence electrons. The molecule has 0 aromatic heterocycles. The van der Waals surface area contributed by atoms with Gasteiger partial charge in [-0.15, -0.1) is 0 Å². The van der Waals surface area contributed by atoms with Gasteiger partial charge in [-0.2, -0.15) is 4.31 Å². The summed E-state index contributed by atoms with van der Waals surface area (Å²) < 4.78 is 25.5. The minimum absolute atomic E-state index is 0.189. The van der Waals surface area contributed by atoms with Crippen molar-refractivity contribution in [2.75, 3.05) is 18.8 Å². The number of benzene rings is 1. The van der Waals surface area contributed by atoms with Crippen molar-refractivity contribution in [2.45, 2.75) is 4.90 Å². The van der Waals surface area contributed by atoms with Crippen LogP contribution in [0.15, 0.2) is 41.3 Å². The number of hydrogen-bond acceptors (Lipinski definition) is 3. The van der Waals surface area contributed by atoms with E-state index in [2.05, 4.69) is 0 Å². The van der Waals surface area contributed by atoms with E-state index in [1.165, 1.54) is 10.4 Å². The number of nitrogens with two attached hydrogens (primary N) is 1. The van der Waals surface area contributed by atoms with Gasteiger partial charge in [-0.25, -0.2) is 8.42 Å². The fraction of sp³-hybridized carbons (Fsp3) is 0.200. The molecule has 0 amide bonds. The Morgan fingerprint density at radius 2 is 1.73 bits per heavy atom. The second-order valence-electron chi connectivity index (χ2n) is 3.33. The van der Waals surface area contributed by atoms with Gasteiger partial charge < -0.3 is 5.73 Å². The predicted molar refractivity (Wildman–Crippen MR) is 58.8 cm³/mol. The summed E-state index contributed by atoms with van der Waals surface area (Å²) in [5.74, 6) is 0. The quantitative estimate of drug-likeness (QED) is 0.598. The molecule has 0 saturated heterocycles. The first kappa shape index (κ1) is 10.2. The van der Waals surface area contributed by atoms with Gasteiger partial charge in [0.2, 0.25) is 10.0 Å². The van der Waals surface area contributed by atoms with Gasteiger partial charge in [0, 0.05) is 13.1 Å². The topological polar surface area (TPSA) is 63.4 Å². The standard InChI is InChI=1S/C10H12N2O2S/c11-9-5-1-2-6-10(9)15(13,14)12-7-3-4-8-12/h1-6H,7-8,11H2. The van der Waals surface area contributed by atoms with Crippen LogP contribution in [-0.4, -0.2) is 25.8 Å². The molecular formula is C10H12N2O2S. The molecule has 1 heterocycles. The van der Waals surface area contributed by atoms with E-state index < -0.39 is 10.0 Å². The van der Waals surface area contributed by atoms with Gasteiger partial charge in [0.15, 0.2) is 0 Å². The molecule has 0 bridgehead atoms. The minimum atomic E-state index is -3.42. The first-order chi connectivity index (χ1) is 7.12. The normalized spacial score (nSPS) is 17.1. The van der Waals surface area contributed by atoms with Gasteiger partial charge in [0.25, 0.3) is 0 Å². The summed E-state index contributed by atoms with van der Waals surface area (Å²) in [4.78, 5) is 0.189. The lowest BCUT2D eigenvalue weighted by Gasteiger charge is -2.16. The molecule has 2 rings (SSSR count). The maximum absolute atomic E-state index is 12.1. The first-order valence-corrected chi connectivity index (χ1v) is 6.06. The summed E-state index contributed by atoms with van der Waals surface area (Å²) in [6, 6.07) is 6.52. The second-order valence-corrected chi connectivity index (χ2v) is 5.24. The van der Waals surface area contributed by atoms with Crippen molar-refractivity contribution in [1.82, 2.24) is 4.31 Å². The smallest absolute Gasteiger partial charge is 0.245 e. The van der Waals surface area contributed by atoms with Gasteiger partial charge >= 0.3 is 0 Å². The van der Waals surface area contributed by atoms with Crippen LogP contribution in [-0.2, 0) is 10.0 Å². The van der Waals surface area contributed by atoms with Crippen molar-refractivity contribution >= 4 is 15.7 Å². The molecule has 0 aliphatic carbocycles. The Balaban J connectivity index is 2.42. The summed E-state index contributed by atoms with van der Waals surface area (Å²) >= 11 is 0. The number of hydrogen-bond donors (Lipinski definition) is 1. The lowest BCUT2D eigenvalue weighted by molar-refractivity contribution is 0.488. The van der Waals surface area contributed by atoms with Gasteiger partial charge in [0.05, 0.1) is 5.69 Å². The molecule has 0 radical (unpaired) electrons. The molecule has 0 fully saturated rings. The molecule has 0 saturated carbocycles. The van der Waals surface area contributed by atoms with Gasteiger partial charge in [-0.3, -0.25) is 0 Å². The van der Waals surface area contributed by atoms with E-state index in [-0.39, 0.29) is 4.90 Å². The zero-order valence-corrected chi connectivity index (χ0v) is 8.94. The van der Waals surface area contributed by atoms with Crippen LogP contribution in [0.1, 0.15) is 0 Å². The predicted octanol–water partition coefficient (Wildman–Crippen LogP) is 0.829. The highest BCUT2D eigenvalue weighted by Gasteiger charge is 2.26. The van der Waals surface area contributed by atoms with Crippen molar-refractivity contribution in [3.63, 3.8) is 0 Å². The lowest BCUT2D eigenvalue weighted by Crippen LogP contribution is -2.29. The molecule has 1 aromatic carbocycles. The highest BCUT2D eigenvalue weighted by molar-refractivity contribution is 7.89. The maximum atomic E-state index is 12.1. The van der Waals surface area contributed by atoms with E-state index >= 15 is 0 Å². The minimum Gasteiger partial charge on any atom is -0.398 e. The molecule has 15 heavy (non-hydrogen) atoms. The molecule has 1 aliphatic rings. The molecule has 5 heteroatoms. The molecule has 0 unspecified atom stereocenters. The first-order valence-electron chi connectivity index (χ1n) is 4.62. The average Bonchev–Trinajstić information content (AvgIpc) is 2.71. The van der Waals surface area contributed by atoms with Crippen LogP contribution in [0.2, 0.25) is 0 Å². The fourth-order valence-electron chi connectivity index (χ4n) is 1.51. The van der Waals surface area contributed by atoms with E-state index in [9.17, 15) is 8.42 Å². The Kier molecular flexibility index (Phi) is 2.50. The molecule has 0 spiro atoms. The van der Waals surface area contributed by atoms with Gasteiger partial charge in [-0.1, -0.05) is 24.3 Å². The zero-order valence-electron chi connectivity index (χ0n) is 8.13. The van der Waals surface area contributed by atoms with E-state index in [4.69, 9.17) is 5.73 Å². The molecule has 1 aromatic rings. The highest BCUT2D eigenvalue weighted by atomic mass is 32.2. The van der Waals surface area contributed by atoms with Crippen molar-refractivity contribution < 1.29 is 8.42 Å². The second kappa shape index (κ2) is 3.67. The maximum Gasteiger partial charge on any atom is 0.245 e. The highest BCUT2D eigenvalue weighted by Crippen LogP contribution is 2.22. The summed E-state index contributed by atoms with van der Waals surface area (Å²) in [6.45, 7) is 0.854. The van der Waals surface area contributed by atoms with E-state index in [0.717, 1.165) is 0 Å². The Morgan fingerprint density at radius 1 is 1.13 bits per heavy atom. The van der Waals surface area contributed by atoms with Crippen LogP contribution in [0.5, 0.6) is 0 Å². The van der Waals surface area contributed by atoms with Gasteiger partial charge in [-0.05, 0) is 12.1 Å². The molecule has 1 aliphatic heterocycles. The van der Waals surface area contributed by atoms with Crippen LogP contribution in [0, 0.1) is 0 Å². The SMILES string of the molecule is Nc1ccccc1S(=O)(=O)N1CC=CC1. The van der Waals surface area contributed by atoms with Crippen LogP contribution < -0.4 is 5.73 Å². The largest absolute Gasteiger partial charge is 0.398 e. The fourth-order valence-corrected chi connectivity index (χ4v) is 2.97. The summed E-state index contributed by atoms with van der Waals surface area (Å²) in [5.41, 5.74) is 5.94. The van der Waals surface area contributed by atoms with Crippen LogP contribution in [0.3, 0.4) is 0 Å². The molecule has 0 atom stereocenters. The van der Waals surface area contributed by atoms with E-state index in [1.807, 2.05) is 12.2 Å². The van der Waals surface area contributed by atoms with Crippen LogP contribution >= 0.6 is 0 Å². The summed E-state index contributed by atoms with van der Waals surface area (Å²) in [6.07, 6.45) is 3.66. The third kappa shape index (κ3) is 1.75.